The first-order chi connectivity index (χ1) is 6.86. The van der Waals surface area contributed by atoms with Gasteiger partial charge in [-0.05, 0) is 12.1 Å². The van der Waals surface area contributed by atoms with E-state index in [2.05, 4.69) is 4.98 Å². The van der Waals surface area contributed by atoms with E-state index in [1.54, 1.807) is 22.9 Å². The van der Waals surface area contributed by atoms with E-state index in [4.69, 9.17) is 16.3 Å². The normalized spacial score (nSPS) is 10.1. The molecule has 0 aliphatic carbocycles. The summed E-state index contributed by atoms with van der Waals surface area (Å²) in [5, 5.41) is 2.58. The molecule has 0 N–H and O–H groups in total. The topological polar surface area (TPSA) is 22.1 Å². The molecule has 1 aromatic carbocycles. The number of thiazole rings is 1. The van der Waals surface area contributed by atoms with Crippen LogP contribution >= 0.6 is 22.9 Å². The quantitative estimate of drug-likeness (QED) is 0.799. The zero-order chi connectivity index (χ0) is 9.80. The third-order valence-corrected chi connectivity index (χ3v) is 2.64. The lowest BCUT2D eigenvalue weighted by molar-refractivity contribution is 0.302. The van der Waals surface area contributed by atoms with Crippen LogP contribution in [0.2, 0.25) is 5.02 Å². The molecule has 2 nitrogen and oxygen atoms in total. The average molecular weight is 226 g/mol. The molecule has 2 aromatic rings. The molecule has 0 amide bonds. The van der Waals surface area contributed by atoms with Crippen molar-refractivity contribution in [1.82, 2.24) is 4.98 Å². The van der Waals surface area contributed by atoms with Crippen molar-refractivity contribution in [3.8, 4) is 5.75 Å². The van der Waals surface area contributed by atoms with Crippen LogP contribution in [0.4, 0.5) is 0 Å². The molecule has 2 rings (SSSR count). The predicted octanol–water partition coefficient (Wildman–Crippen LogP) is 3.38. The summed E-state index contributed by atoms with van der Waals surface area (Å²) in [6, 6.07) is 7.41. The first kappa shape index (κ1) is 9.49. The highest BCUT2D eigenvalue weighted by Crippen LogP contribution is 2.23. The zero-order valence-corrected chi connectivity index (χ0v) is 8.89. The molecular formula is C10H8ClNOS. The van der Waals surface area contributed by atoms with E-state index in [9.17, 15) is 0 Å². The summed E-state index contributed by atoms with van der Waals surface area (Å²) in [4.78, 5) is 4.11. The van der Waals surface area contributed by atoms with Gasteiger partial charge in [0.05, 0.1) is 16.2 Å². The Hall–Kier alpha value is -1.06. The number of rotatable bonds is 3. The number of hydrogen-bond acceptors (Lipinski definition) is 3. The van der Waals surface area contributed by atoms with Crippen LogP contribution in [0.25, 0.3) is 0 Å². The molecule has 1 aromatic heterocycles. The number of nitrogens with zero attached hydrogens (tertiary/aromatic N) is 1. The van der Waals surface area contributed by atoms with Gasteiger partial charge >= 0.3 is 0 Å². The summed E-state index contributed by atoms with van der Waals surface area (Å²) in [6.07, 6.45) is 0. The molecule has 0 unspecified atom stereocenters. The average Bonchev–Trinajstić information content (AvgIpc) is 2.69. The van der Waals surface area contributed by atoms with Crippen molar-refractivity contribution in [2.75, 3.05) is 0 Å². The molecule has 0 saturated heterocycles. The number of aromatic nitrogens is 1. The van der Waals surface area contributed by atoms with Crippen LogP contribution < -0.4 is 4.74 Å². The zero-order valence-electron chi connectivity index (χ0n) is 7.31. The Bertz CT molecular complexity index is 402. The van der Waals surface area contributed by atoms with Gasteiger partial charge < -0.3 is 4.74 Å². The van der Waals surface area contributed by atoms with Crippen molar-refractivity contribution in [3.63, 3.8) is 0 Å². The van der Waals surface area contributed by atoms with Crippen molar-refractivity contribution >= 4 is 22.9 Å². The fourth-order valence-corrected chi connectivity index (χ4v) is 1.76. The summed E-state index contributed by atoms with van der Waals surface area (Å²) >= 11 is 7.48. The number of hydrogen-bond donors (Lipinski definition) is 0. The largest absolute Gasteiger partial charge is 0.486 e. The Morgan fingerprint density at radius 3 is 2.93 bits per heavy atom. The Morgan fingerprint density at radius 2 is 2.21 bits per heavy atom. The Kier molecular flexibility index (Phi) is 3.01. The highest BCUT2D eigenvalue weighted by atomic mass is 35.5. The van der Waals surface area contributed by atoms with Crippen molar-refractivity contribution in [2.24, 2.45) is 0 Å². The molecule has 0 atom stereocenters. The van der Waals surface area contributed by atoms with E-state index < -0.39 is 0 Å². The summed E-state index contributed by atoms with van der Waals surface area (Å²) < 4.78 is 5.49. The first-order valence-electron chi connectivity index (χ1n) is 4.10. The molecule has 0 aliphatic rings. The summed E-state index contributed by atoms with van der Waals surface area (Å²) in [5.41, 5.74) is 2.71. The van der Waals surface area contributed by atoms with Crippen molar-refractivity contribution in [1.29, 1.82) is 0 Å². The Balaban J connectivity index is 2.02. The maximum Gasteiger partial charge on any atom is 0.138 e. The first-order valence-corrected chi connectivity index (χ1v) is 5.43. The number of para-hydroxylation sites is 1. The lowest BCUT2D eigenvalue weighted by Gasteiger charge is -2.05. The summed E-state index contributed by atoms with van der Waals surface area (Å²) in [7, 11) is 0. The molecular weight excluding hydrogens is 218 g/mol. The van der Waals surface area contributed by atoms with Gasteiger partial charge in [-0.1, -0.05) is 23.7 Å². The standard InChI is InChI=1S/C10H8ClNOS/c11-9-3-1-2-4-10(9)13-5-8-6-14-7-12-8/h1-4,6-7H,5H2. The minimum absolute atomic E-state index is 0.466. The lowest BCUT2D eigenvalue weighted by atomic mass is 10.3. The van der Waals surface area contributed by atoms with Crippen LogP contribution in [-0.4, -0.2) is 4.98 Å². The van der Waals surface area contributed by atoms with E-state index >= 15 is 0 Å². The van der Waals surface area contributed by atoms with E-state index in [1.807, 2.05) is 23.6 Å². The van der Waals surface area contributed by atoms with Gasteiger partial charge in [-0.2, -0.15) is 0 Å². The van der Waals surface area contributed by atoms with Crippen LogP contribution in [0.3, 0.4) is 0 Å². The molecule has 0 radical (unpaired) electrons. The fourth-order valence-electron chi connectivity index (χ4n) is 1.02. The van der Waals surface area contributed by atoms with Crippen LogP contribution in [0.15, 0.2) is 35.2 Å². The Labute approximate surface area is 91.1 Å². The van der Waals surface area contributed by atoms with E-state index in [1.165, 1.54) is 0 Å². The molecule has 14 heavy (non-hydrogen) atoms. The van der Waals surface area contributed by atoms with Crippen molar-refractivity contribution in [2.45, 2.75) is 6.61 Å². The van der Waals surface area contributed by atoms with Gasteiger partial charge in [0.2, 0.25) is 0 Å². The summed E-state index contributed by atoms with van der Waals surface area (Å²) in [5.74, 6) is 0.696. The van der Waals surface area contributed by atoms with E-state index in [0.717, 1.165) is 5.69 Å². The molecule has 0 fully saturated rings. The third kappa shape index (κ3) is 2.25. The minimum atomic E-state index is 0.466. The van der Waals surface area contributed by atoms with Gasteiger partial charge in [0.1, 0.15) is 12.4 Å². The lowest BCUT2D eigenvalue weighted by Crippen LogP contribution is -1.95. The van der Waals surface area contributed by atoms with E-state index in [-0.39, 0.29) is 0 Å². The molecule has 0 spiro atoms. The second-order valence-corrected chi connectivity index (χ2v) is 3.82. The second kappa shape index (κ2) is 4.44. The monoisotopic (exact) mass is 225 g/mol. The van der Waals surface area contributed by atoms with E-state index in [0.29, 0.717) is 17.4 Å². The molecule has 0 saturated carbocycles. The van der Waals surface area contributed by atoms with Gasteiger partial charge in [0.15, 0.2) is 0 Å². The molecule has 0 bridgehead atoms. The van der Waals surface area contributed by atoms with Crippen molar-refractivity contribution < 1.29 is 4.74 Å². The number of ether oxygens (including phenoxy) is 1. The number of benzene rings is 1. The second-order valence-electron chi connectivity index (χ2n) is 2.70. The molecule has 1 heterocycles. The van der Waals surface area contributed by atoms with Gasteiger partial charge in [-0.25, -0.2) is 4.98 Å². The maximum absolute atomic E-state index is 5.92. The molecule has 0 aliphatic heterocycles. The van der Waals surface area contributed by atoms with Crippen LogP contribution in [0, 0.1) is 0 Å². The maximum atomic E-state index is 5.92. The third-order valence-electron chi connectivity index (χ3n) is 1.70. The van der Waals surface area contributed by atoms with Crippen LogP contribution in [0.1, 0.15) is 5.69 Å². The summed E-state index contributed by atoms with van der Waals surface area (Å²) in [6.45, 7) is 0.466. The molecule has 4 heteroatoms. The van der Waals surface area contributed by atoms with Crippen LogP contribution in [-0.2, 0) is 6.61 Å². The molecule has 72 valence electrons. The van der Waals surface area contributed by atoms with Gasteiger partial charge in [-0.15, -0.1) is 11.3 Å². The minimum Gasteiger partial charge on any atom is -0.486 e. The highest BCUT2D eigenvalue weighted by molar-refractivity contribution is 7.07. The van der Waals surface area contributed by atoms with Gasteiger partial charge in [-0.3, -0.25) is 0 Å². The highest BCUT2D eigenvalue weighted by Gasteiger charge is 2.00. The smallest absolute Gasteiger partial charge is 0.138 e. The van der Waals surface area contributed by atoms with Crippen molar-refractivity contribution in [3.05, 3.63) is 45.9 Å². The van der Waals surface area contributed by atoms with Crippen LogP contribution in [0.5, 0.6) is 5.75 Å². The fraction of sp³-hybridized carbons (Fsp3) is 0.100. The SMILES string of the molecule is Clc1ccccc1OCc1cscn1. The number of halogens is 1. The van der Waals surface area contributed by atoms with Gasteiger partial charge in [0, 0.05) is 5.38 Å². The Morgan fingerprint density at radius 1 is 1.36 bits per heavy atom. The van der Waals surface area contributed by atoms with Gasteiger partial charge in [0.25, 0.3) is 0 Å². The predicted molar refractivity (Wildman–Crippen MR) is 57.9 cm³/mol.